The zero-order valence-corrected chi connectivity index (χ0v) is 27.0. The molecule has 4 heterocycles. The number of hydrogen-bond acceptors (Lipinski definition) is 7. The maximum atomic E-state index is 13.9. The van der Waals surface area contributed by atoms with Crippen LogP contribution in [-0.2, 0) is 34.3 Å². The number of sulfonamides is 1. The monoisotopic (exact) mass is 636 g/mol. The summed E-state index contributed by atoms with van der Waals surface area (Å²) in [7, 11) is -3.72. The molecule has 2 fully saturated rings. The molecule has 44 heavy (non-hydrogen) atoms. The van der Waals surface area contributed by atoms with E-state index in [2.05, 4.69) is 22.3 Å². The third-order valence-corrected chi connectivity index (χ3v) is 11.6. The molecular formula is C33H40N4O5S2. The van der Waals surface area contributed by atoms with E-state index in [1.807, 2.05) is 36.9 Å². The Morgan fingerprint density at radius 2 is 1.61 bits per heavy atom. The molecule has 0 saturated carbocycles. The SMILES string of the molecule is CC1CN(S(=O)(=O)c2ccc(C(=O)Nc3sc4c(c3C(=O)N3CCCCC3)CCN(Cc3ccccc3)C4)cc2)CC(C)O1. The summed E-state index contributed by atoms with van der Waals surface area (Å²) in [4.78, 5) is 32.9. The third kappa shape index (κ3) is 6.62. The highest BCUT2D eigenvalue weighted by Gasteiger charge is 2.34. The molecule has 9 nitrogen and oxygen atoms in total. The van der Waals surface area contributed by atoms with Gasteiger partial charge in [-0.2, -0.15) is 4.31 Å². The molecule has 2 unspecified atom stereocenters. The first-order valence-electron chi connectivity index (χ1n) is 15.5. The zero-order chi connectivity index (χ0) is 30.8. The highest BCUT2D eigenvalue weighted by atomic mass is 32.2. The van der Waals surface area contributed by atoms with E-state index < -0.39 is 10.0 Å². The molecule has 0 spiro atoms. The number of hydrogen-bond donors (Lipinski definition) is 1. The highest BCUT2D eigenvalue weighted by Crippen LogP contribution is 2.39. The molecule has 0 bridgehead atoms. The Labute approximate surface area is 263 Å². The van der Waals surface area contributed by atoms with Gasteiger partial charge in [0.2, 0.25) is 10.0 Å². The van der Waals surface area contributed by atoms with Crippen molar-refractivity contribution in [1.82, 2.24) is 14.1 Å². The van der Waals surface area contributed by atoms with Gasteiger partial charge < -0.3 is 15.0 Å². The summed E-state index contributed by atoms with van der Waals surface area (Å²) < 4.78 is 33.7. The maximum Gasteiger partial charge on any atom is 0.257 e. The second-order valence-electron chi connectivity index (χ2n) is 12.1. The Morgan fingerprint density at radius 3 is 2.30 bits per heavy atom. The van der Waals surface area contributed by atoms with Crippen molar-refractivity contribution in [3.05, 3.63) is 81.7 Å². The number of nitrogens with one attached hydrogen (secondary N) is 1. The number of piperidine rings is 1. The van der Waals surface area contributed by atoms with Gasteiger partial charge in [0, 0.05) is 56.3 Å². The van der Waals surface area contributed by atoms with Gasteiger partial charge in [-0.25, -0.2) is 8.42 Å². The van der Waals surface area contributed by atoms with Crippen molar-refractivity contribution in [3.8, 4) is 0 Å². The first kappa shape index (κ1) is 30.9. The fourth-order valence-corrected chi connectivity index (χ4v) is 9.30. The lowest BCUT2D eigenvalue weighted by molar-refractivity contribution is -0.0440. The number of anilines is 1. The molecule has 234 valence electrons. The van der Waals surface area contributed by atoms with Gasteiger partial charge in [0.25, 0.3) is 11.8 Å². The van der Waals surface area contributed by atoms with Gasteiger partial charge in [-0.3, -0.25) is 14.5 Å². The van der Waals surface area contributed by atoms with Gasteiger partial charge >= 0.3 is 0 Å². The Hall–Kier alpha value is -3.09. The summed E-state index contributed by atoms with van der Waals surface area (Å²) in [6.07, 6.45) is 3.46. The minimum Gasteiger partial charge on any atom is -0.373 e. The summed E-state index contributed by atoms with van der Waals surface area (Å²) in [5, 5.41) is 3.61. The predicted octanol–water partition coefficient (Wildman–Crippen LogP) is 4.98. The molecule has 3 aromatic rings. The van der Waals surface area contributed by atoms with Gasteiger partial charge in [-0.1, -0.05) is 30.3 Å². The molecule has 1 aromatic heterocycles. The zero-order valence-electron chi connectivity index (χ0n) is 25.3. The highest BCUT2D eigenvalue weighted by molar-refractivity contribution is 7.89. The Kier molecular flexibility index (Phi) is 9.21. The van der Waals surface area contributed by atoms with E-state index in [1.165, 1.54) is 45.5 Å². The Balaban J connectivity index is 1.23. The summed E-state index contributed by atoms with van der Waals surface area (Å²) in [6.45, 7) is 8.13. The lowest BCUT2D eigenvalue weighted by Gasteiger charge is -2.34. The topological polar surface area (TPSA) is 99.3 Å². The Bertz CT molecular complexity index is 1590. The first-order chi connectivity index (χ1) is 21.2. The molecule has 3 aliphatic rings. The van der Waals surface area contributed by atoms with E-state index in [-0.39, 0.29) is 42.0 Å². The molecule has 2 amide bonds. The number of morpholine rings is 1. The quantitative estimate of drug-likeness (QED) is 0.393. The number of benzene rings is 2. The molecule has 0 aliphatic carbocycles. The van der Waals surface area contributed by atoms with E-state index in [9.17, 15) is 18.0 Å². The van der Waals surface area contributed by atoms with Crippen LogP contribution in [0.4, 0.5) is 5.00 Å². The number of amides is 2. The van der Waals surface area contributed by atoms with Gasteiger partial charge in [-0.15, -0.1) is 11.3 Å². The summed E-state index contributed by atoms with van der Waals surface area (Å²) in [6, 6.07) is 16.4. The van der Waals surface area contributed by atoms with Gasteiger partial charge in [0.15, 0.2) is 0 Å². The fraction of sp³-hybridized carbons (Fsp3) is 0.455. The molecular weight excluding hydrogens is 597 g/mol. The van der Waals surface area contributed by atoms with Crippen LogP contribution in [0.1, 0.15) is 69.8 Å². The molecule has 1 N–H and O–H groups in total. The van der Waals surface area contributed by atoms with Crippen LogP contribution in [0, 0.1) is 0 Å². The van der Waals surface area contributed by atoms with Crippen molar-refractivity contribution in [1.29, 1.82) is 0 Å². The van der Waals surface area contributed by atoms with Gasteiger partial charge in [-0.05, 0) is 74.9 Å². The van der Waals surface area contributed by atoms with Crippen LogP contribution in [0.15, 0.2) is 59.5 Å². The van der Waals surface area contributed by atoms with Crippen molar-refractivity contribution in [2.24, 2.45) is 0 Å². The van der Waals surface area contributed by atoms with Gasteiger partial charge in [0.05, 0.1) is 22.7 Å². The van der Waals surface area contributed by atoms with Crippen LogP contribution >= 0.6 is 11.3 Å². The fourth-order valence-electron chi connectivity index (χ4n) is 6.43. The minimum absolute atomic E-state index is 0.00980. The van der Waals surface area contributed by atoms with Crippen molar-refractivity contribution in [2.45, 2.75) is 69.7 Å². The Morgan fingerprint density at radius 1 is 0.932 bits per heavy atom. The molecule has 2 aromatic carbocycles. The summed E-state index contributed by atoms with van der Waals surface area (Å²) in [5.74, 6) is -0.376. The molecule has 11 heteroatoms. The van der Waals surface area contributed by atoms with Crippen molar-refractivity contribution >= 4 is 38.2 Å². The third-order valence-electron chi connectivity index (χ3n) is 8.61. The molecule has 0 radical (unpaired) electrons. The largest absolute Gasteiger partial charge is 0.373 e. The van der Waals surface area contributed by atoms with E-state index in [4.69, 9.17) is 4.74 Å². The lowest BCUT2D eigenvalue weighted by Crippen LogP contribution is -2.48. The summed E-state index contributed by atoms with van der Waals surface area (Å²) >= 11 is 1.48. The maximum absolute atomic E-state index is 13.9. The first-order valence-corrected chi connectivity index (χ1v) is 17.7. The molecule has 6 rings (SSSR count). The summed E-state index contributed by atoms with van der Waals surface area (Å²) in [5.41, 5.74) is 3.24. The van der Waals surface area contributed by atoms with E-state index in [1.54, 1.807) is 0 Å². The minimum atomic E-state index is -3.72. The number of rotatable bonds is 7. The normalized spacial score (nSPS) is 21.5. The van der Waals surface area contributed by atoms with Crippen LogP contribution in [-0.4, -0.2) is 79.3 Å². The molecule has 2 atom stereocenters. The smallest absolute Gasteiger partial charge is 0.257 e. The van der Waals surface area contributed by atoms with Crippen LogP contribution in [0.2, 0.25) is 0 Å². The van der Waals surface area contributed by atoms with Crippen LogP contribution in [0.3, 0.4) is 0 Å². The van der Waals surface area contributed by atoms with Crippen molar-refractivity contribution in [3.63, 3.8) is 0 Å². The predicted molar refractivity (Wildman–Crippen MR) is 171 cm³/mol. The van der Waals surface area contributed by atoms with Crippen LogP contribution < -0.4 is 5.32 Å². The van der Waals surface area contributed by atoms with Crippen molar-refractivity contribution < 1.29 is 22.7 Å². The van der Waals surface area contributed by atoms with E-state index in [0.29, 0.717) is 16.1 Å². The van der Waals surface area contributed by atoms with Crippen LogP contribution in [0.5, 0.6) is 0 Å². The van der Waals surface area contributed by atoms with Gasteiger partial charge in [0.1, 0.15) is 5.00 Å². The lowest BCUT2D eigenvalue weighted by atomic mass is 10.00. The average Bonchev–Trinajstić information content (AvgIpc) is 3.38. The number of nitrogens with zero attached hydrogens (tertiary/aromatic N) is 3. The molecule has 3 aliphatic heterocycles. The number of carbonyl (C=O) groups excluding carboxylic acids is 2. The van der Waals surface area contributed by atoms with E-state index >= 15 is 0 Å². The number of carbonyl (C=O) groups is 2. The standard InChI is InChI=1S/C33H40N4O5S2/c1-23-19-37(20-24(2)42-23)44(40,41)27-13-11-26(12-14-27)31(38)34-32-30(33(39)36-16-7-4-8-17-36)28-15-18-35(22-29(28)43-32)21-25-9-5-3-6-10-25/h3,5-6,9-14,23-24H,4,7-8,15-22H2,1-2H3,(H,34,38). The van der Waals surface area contributed by atoms with Crippen molar-refractivity contribution in [2.75, 3.05) is 38.0 Å². The molecule has 2 saturated heterocycles. The second-order valence-corrected chi connectivity index (χ2v) is 15.1. The number of fused-ring (bicyclic) bond motifs is 1. The van der Waals surface area contributed by atoms with E-state index in [0.717, 1.165) is 68.8 Å². The number of thiophene rings is 1. The second kappa shape index (κ2) is 13.1. The average molecular weight is 637 g/mol. The van der Waals surface area contributed by atoms with Crippen LogP contribution in [0.25, 0.3) is 0 Å². The number of ether oxygens (including phenoxy) is 1. The number of likely N-dealkylation sites (tertiary alicyclic amines) is 1.